The van der Waals surface area contributed by atoms with Crippen molar-refractivity contribution in [3.8, 4) is 0 Å². The zero-order chi connectivity index (χ0) is 6.91. The van der Waals surface area contributed by atoms with Crippen LogP contribution in [0, 0.1) is 0 Å². The molecule has 0 radical (unpaired) electrons. The quantitative estimate of drug-likeness (QED) is 0.580. The number of aliphatic hydroxyl groups is 1. The van der Waals surface area contributed by atoms with E-state index in [-0.39, 0.29) is 4.32 Å². The molecule has 0 aromatic rings. The van der Waals surface area contributed by atoms with Crippen molar-refractivity contribution >= 4 is 15.9 Å². The van der Waals surface area contributed by atoms with Gasteiger partial charge in [0, 0.05) is 0 Å². The highest BCUT2D eigenvalue weighted by Gasteiger charge is 2.24. The highest BCUT2D eigenvalue weighted by Crippen LogP contribution is 2.31. The summed E-state index contributed by atoms with van der Waals surface area (Å²) < 4.78 is -0.220. The number of alkyl halides is 1. The number of rotatable bonds is 0. The normalized spacial score (nSPS) is 34.2. The molecule has 1 rings (SSSR count). The maximum Gasteiger partial charge on any atom is 0.109 e. The number of halogens is 1. The minimum absolute atomic E-state index is 0.220. The molecule has 2 heteroatoms. The lowest BCUT2D eigenvalue weighted by Gasteiger charge is -2.21. The van der Waals surface area contributed by atoms with Gasteiger partial charge in [-0.05, 0) is 19.4 Å². The predicted molar refractivity (Wildman–Crippen MR) is 41.8 cm³/mol. The van der Waals surface area contributed by atoms with E-state index in [1.807, 2.05) is 19.1 Å². The van der Waals surface area contributed by atoms with Crippen LogP contribution in [0.1, 0.15) is 13.3 Å². The van der Waals surface area contributed by atoms with Gasteiger partial charge in [-0.25, -0.2) is 0 Å². The van der Waals surface area contributed by atoms with Gasteiger partial charge in [-0.2, -0.15) is 0 Å². The summed E-state index contributed by atoms with van der Waals surface area (Å²) in [5, 5.41) is 9.20. The Balaban J connectivity index is 2.83. The van der Waals surface area contributed by atoms with Crippen molar-refractivity contribution in [2.75, 3.05) is 0 Å². The molecule has 1 N–H and O–H groups in total. The van der Waals surface area contributed by atoms with E-state index >= 15 is 0 Å². The summed E-state index contributed by atoms with van der Waals surface area (Å²) in [5.41, 5.74) is 0. The Kier molecular flexibility index (Phi) is 1.66. The summed E-state index contributed by atoms with van der Waals surface area (Å²) in [5.74, 6) is 0.407. The second-order valence-corrected chi connectivity index (χ2v) is 4.13. The Morgan fingerprint density at radius 1 is 1.78 bits per heavy atom. The molecule has 0 aromatic heterocycles. The fourth-order valence-corrected chi connectivity index (χ4v) is 1.05. The van der Waals surface area contributed by atoms with Gasteiger partial charge < -0.3 is 5.11 Å². The van der Waals surface area contributed by atoms with E-state index < -0.39 is 0 Å². The van der Waals surface area contributed by atoms with Gasteiger partial charge >= 0.3 is 0 Å². The zero-order valence-electron chi connectivity index (χ0n) is 5.26. The molecule has 1 unspecified atom stereocenters. The largest absolute Gasteiger partial charge is 0.511 e. The second-order valence-electron chi connectivity index (χ2n) is 2.38. The first-order chi connectivity index (χ1) is 4.13. The Morgan fingerprint density at radius 3 is 2.78 bits per heavy atom. The molecule has 0 fully saturated rings. The minimum atomic E-state index is -0.220. The molecule has 1 aliphatic rings. The molecule has 0 amide bonds. The third-order valence-electron chi connectivity index (χ3n) is 1.43. The van der Waals surface area contributed by atoms with Gasteiger partial charge in [0.2, 0.25) is 0 Å². The van der Waals surface area contributed by atoms with Crippen molar-refractivity contribution in [1.82, 2.24) is 0 Å². The Bertz CT molecular complexity index is 168. The number of hydrogen-bond acceptors (Lipinski definition) is 1. The lowest BCUT2D eigenvalue weighted by Crippen LogP contribution is -2.19. The lowest BCUT2D eigenvalue weighted by molar-refractivity contribution is 0.359. The molecule has 0 aromatic carbocycles. The van der Waals surface area contributed by atoms with Gasteiger partial charge in [0.1, 0.15) is 5.76 Å². The van der Waals surface area contributed by atoms with Crippen LogP contribution in [-0.4, -0.2) is 9.43 Å². The molecule has 9 heavy (non-hydrogen) atoms. The predicted octanol–water partition coefficient (Wildman–Crippen LogP) is 2.54. The summed E-state index contributed by atoms with van der Waals surface area (Å²) in [6.45, 7) is 1.95. The highest BCUT2D eigenvalue weighted by molar-refractivity contribution is 9.10. The third kappa shape index (κ3) is 1.36. The molecule has 1 atom stereocenters. The first-order valence-electron chi connectivity index (χ1n) is 2.88. The lowest BCUT2D eigenvalue weighted by atomic mass is 10.0. The Morgan fingerprint density at radius 2 is 2.44 bits per heavy atom. The van der Waals surface area contributed by atoms with Gasteiger partial charge in [-0.1, -0.05) is 28.1 Å². The van der Waals surface area contributed by atoms with Gasteiger partial charge in [0.05, 0.1) is 4.32 Å². The number of allylic oxidation sites excluding steroid dienone is 4. The van der Waals surface area contributed by atoms with Crippen LogP contribution < -0.4 is 0 Å². The van der Waals surface area contributed by atoms with Crippen LogP contribution in [0.15, 0.2) is 24.0 Å². The molecule has 0 spiro atoms. The van der Waals surface area contributed by atoms with Crippen LogP contribution in [0.4, 0.5) is 0 Å². The first-order valence-corrected chi connectivity index (χ1v) is 3.67. The van der Waals surface area contributed by atoms with Crippen molar-refractivity contribution in [2.24, 2.45) is 0 Å². The molecular weight excluding hydrogens is 180 g/mol. The average Bonchev–Trinajstić information content (AvgIpc) is 1.77. The van der Waals surface area contributed by atoms with Crippen molar-refractivity contribution in [1.29, 1.82) is 0 Å². The van der Waals surface area contributed by atoms with E-state index in [4.69, 9.17) is 0 Å². The van der Waals surface area contributed by atoms with Gasteiger partial charge in [-0.15, -0.1) is 0 Å². The fourth-order valence-electron chi connectivity index (χ4n) is 0.727. The Labute approximate surface area is 63.2 Å². The van der Waals surface area contributed by atoms with E-state index in [2.05, 4.69) is 15.9 Å². The van der Waals surface area contributed by atoms with Gasteiger partial charge in [0.25, 0.3) is 0 Å². The van der Waals surface area contributed by atoms with Crippen LogP contribution in [0.25, 0.3) is 0 Å². The first kappa shape index (κ1) is 6.87. The summed E-state index contributed by atoms with van der Waals surface area (Å²) >= 11 is 3.39. The SMILES string of the molecule is CC1(Br)CC=CC=C1O. The van der Waals surface area contributed by atoms with E-state index in [1.54, 1.807) is 6.08 Å². The molecule has 0 heterocycles. The van der Waals surface area contributed by atoms with Crippen molar-refractivity contribution in [3.05, 3.63) is 24.0 Å². The molecule has 50 valence electrons. The maximum absolute atomic E-state index is 9.20. The molecule has 0 saturated heterocycles. The standard InChI is InChI=1S/C7H9BrO/c1-7(8)5-3-2-4-6(7)9/h2-4,9H,5H2,1H3. The van der Waals surface area contributed by atoms with Gasteiger partial charge in [0.15, 0.2) is 0 Å². The molecule has 0 saturated carbocycles. The topological polar surface area (TPSA) is 20.2 Å². The monoisotopic (exact) mass is 188 g/mol. The van der Waals surface area contributed by atoms with Crippen LogP contribution in [0.5, 0.6) is 0 Å². The molecule has 0 bridgehead atoms. The smallest absolute Gasteiger partial charge is 0.109 e. The minimum Gasteiger partial charge on any atom is -0.511 e. The van der Waals surface area contributed by atoms with E-state index in [1.165, 1.54) is 0 Å². The Hall–Kier alpha value is -0.240. The molecule has 0 aliphatic heterocycles. The summed E-state index contributed by atoms with van der Waals surface area (Å²) in [6.07, 6.45) is 6.44. The van der Waals surface area contributed by atoms with Crippen molar-refractivity contribution in [2.45, 2.75) is 17.7 Å². The van der Waals surface area contributed by atoms with E-state index in [0.29, 0.717) is 5.76 Å². The number of aliphatic hydroxyl groups excluding tert-OH is 1. The van der Waals surface area contributed by atoms with Crippen LogP contribution >= 0.6 is 15.9 Å². The summed E-state index contributed by atoms with van der Waals surface area (Å²) in [7, 11) is 0. The average molecular weight is 189 g/mol. The summed E-state index contributed by atoms with van der Waals surface area (Å²) in [4.78, 5) is 0. The van der Waals surface area contributed by atoms with E-state index in [0.717, 1.165) is 6.42 Å². The summed E-state index contributed by atoms with van der Waals surface area (Å²) in [6, 6.07) is 0. The third-order valence-corrected chi connectivity index (χ3v) is 2.16. The van der Waals surface area contributed by atoms with E-state index in [9.17, 15) is 5.11 Å². The molecule has 1 aliphatic carbocycles. The van der Waals surface area contributed by atoms with Crippen LogP contribution in [0.2, 0.25) is 0 Å². The number of hydrogen-bond donors (Lipinski definition) is 1. The fraction of sp³-hybridized carbons (Fsp3) is 0.429. The molecular formula is C7H9BrO. The van der Waals surface area contributed by atoms with Crippen LogP contribution in [0.3, 0.4) is 0 Å². The molecule has 1 nitrogen and oxygen atoms in total. The maximum atomic E-state index is 9.20. The van der Waals surface area contributed by atoms with Gasteiger partial charge in [-0.3, -0.25) is 0 Å². The van der Waals surface area contributed by atoms with Crippen LogP contribution in [-0.2, 0) is 0 Å². The van der Waals surface area contributed by atoms with Crippen molar-refractivity contribution in [3.63, 3.8) is 0 Å². The van der Waals surface area contributed by atoms with Crippen molar-refractivity contribution < 1.29 is 5.11 Å². The highest BCUT2D eigenvalue weighted by atomic mass is 79.9. The zero-order valence-corrected chi connectivity index (χ0v) is 6.85. The second kappa shape index (κ2) is 2.18.